The van der Waals surface area contributed by atoms with E-state index >= 15 is 0 Å². The van der Waals surface area contributed by atoms with Crippen molar-refractivity contribution in [2.24, 2.45) is 0 Å². The highest BCUT2D eigenvalue weighted by atomic mass is 79.9. The minimum absolute atomic E-state index is 0.0363. The first-order valence-corrected chi connectivity index (χ1v) is 7.17. The molecule has 0 bridgehead atoms. The van der Waals surface area contributed by atoms with Crippen molar-refractivity contribution in [1.82, 2.24) is 4.90 Å². The van der Waals surface area contributed by atoms with E-state index in [0.717, 1.165) is 45.4 Å². The lowest BCUT2D eigenvalue weighted by atomic mass is 10.1. The van der Waals surface area contributed by atoms with Crippen molar-refractivity contribution in [3.05, 3.63) is 0 Å². The Kier molecular flexibility index (Phi) is 7.81. The molecule has 0 saturated carbocycles. The summed E-state index contributed by atoms with van der Waals surface area (Å²) in [6.07, 6.45) is 4.08. The number of halogens is 1. The molecule has 0 radical (unpaired) electrons. The van der Waals surface area contributed by atoms with Gasteiger partial charge in [-0.3, -0.25) is 4.79 Å². The topological polar surface area (TPSA) is 38.8 Å². The Morgan fingerprint density at radius 2 is 2.18 bits per heavy atom. The summed E-state index contributed by atoms with van der Waals surface area (Å²) in [6.45, 7) is 3.82. The van der Waals surface area contributed by atoms with Gasteiger partial charge in [-0.1, -0.05) is 15.9 Å². The fourth-order valence-corrected chi connectivity index (χ4v) is 2.48. The van der Waals surface area contributed by atoms with Crippen molar-refractivity contribution in [2.45, 2.75) is 30.5 Å². The molecule has 1 saturated heterocycles. The molecule has 1 atom stereocenters. The summed E-state index contributed by atoms with van der Waals surface area (Å²) in [5.74, 6) is 0.247. The van der Waals surface area contributed by atoms with Crippen LogP contribution in [0.15, 0.2) is 0 Å². The third kappa shape index (κ3) is 5.84. The summed E-state index contributed by atoms with van der Waals surface area (Å²) in [4.78, 5) is 13.8. The van der Waals surface area contributed by atoms with Crippen LogP contribution in [0.2, 0.25) is 0 Å². The molecule has 0 N–H and O–H groups in total. The van der Waals surface area contributed by atoms with Gasteiger partial charge in [0.05, 0.1) is 18.0 Å². The van der Waals surface area contributed by atoms with Crippen LogP contribution >= 0.6 is 15.9 Å². The molecule has 100 valence electrons. The van der Waals surface area contributed by atoms with Crippen LogP contribution in [0.4, 0.5) is 0 Å². The zero-order valence-electron chi connectivity index (χ0n) is 10.5. The standard InChI is InChI=1S/C12H22BrNO3/c1-16-9-10-17-8-3-2-6-14-7-4-5-11(13)12(14)15/h11H,2-10H2,1H3. The molecule has 5 heteroatoms. The molecule has 1 amide bonds. The normalized spacial score (nSPS) is 20.9. The van der Waals surface area contributed by atoms with Crippen LogP contribution in [-0.4, -0.2) is 55.7 Å². The number of hydrogen-bond acceptors (Lipinski definition) is 3. The largest absolute Gasteiger partial charge is 0.382 e. The van der Waals surface area contributed by atoms with Crippen LogP contribution in [0.5, 0.6) is 0 Å². The van der Waals surface area contributed by atoms with Gasteiger partial charge in [0, 0.05) is 26.8 Å². The highest BCUT2D eigenvalue weighted by Crippen LogP contribution is 2.18. The van der Waals surface area contributed by atoms with E-state index in [0.29, 0.717) is 13.2 Å². The number of hydrogen-bond donors (Lipinski definition) is 0. The van der Waals surface area contributed by atoms with Gasteiger partial charge in [0.15, 0.2) is 0 Å². The number of carbonyl (C=O) groups is 1. The monoisotopic (exact) mass is 307 g/mol. The van der Waals surface area contributed by atoms with Gasteiger partial charge >= 0.3 is 0 Å². The SMILES string of the molecule is COCCOCCCCN1CCCC(Br)C1=O. The first kappa shape index (κ1) is 14.9. The molecular weight excluding hydrogens is 286 g/mol. The summed E-state index contributed by atoms with van der Waals surface area (Å²) in [5, 5.41) is 0. The molecule has 1 unspecified atom stereocenters. The molecule has 1 aliphatic rings. The summed E-state index contributed by atoms with van der Waals surface area (Å²) in [5.41, 5.74) is 0. The Bertz CT molecular complexity index is 226. The molecule has 0 aliphatic carbocycles. The van der Waals surface area contributed by atoms with E-state index < -0.39 is 0 Å². The van der Waals surface area contributed by atoms with Crippen LogP contribution in [0, 0.1) is 0 Å². The molecule has 4 nitrogen and oxygen atoms in total. The zero-order valence-corrected chi connectivity index (χ0v) is 12.1. The van der Waals surface area contributed by atoms with Gasteiger partial charge < -0.3 is 14.4 Å². The smallest absolute Gasteiger partial charge is 0.236 e. The first-order chi connectivity index (χ1) is 8.25. The average Bonchev–Trinajstić information content (AvgIpc) is 2.33. The highest BCUT2D eigenvalue weighted by molar-refractivity contribution is 9.10. The van der Waals surface area contributed by atoms with E-state index in [9.17, 15) is 4.79 Å². The second-order valence-electron chi connectivity index (χ2n) is 4.25. The first-order valence-electron chi connectivity index (χ1n) is 6.25. The third-order valence-electron chi connectivity index (χ3n) is 2.86. The van der Waals surface area contributed by atoms with E-state index in [1.165, 1.54) is 0 Å². The van der Waals surface area contributed by atoms with Crippen molar-refractivity contribution in [1.29, 1.82) is 0 Å². The van der Waals surface area contributed by atoms with E-state index in [1.807, 2.05) is 4.90 Å². The molecular formula is C12H22BrNO3. The summed E-state index contributed by atoms with van der Waals surface area (Å²) in [7, 11) is 1.67. The van der Waals surface area contributed by atoms with Crippen LogP contribution in [0.3, 0.4) is 0 Å². The molecule has 17 heavy (non-hydrogen) atoms. The van der Waals surface area contributed by atoms with Gasteiger partial charge in [0.2, 0.25) is 5.91 Å². The molecule has 0 aromatic carbocycles. The predicted octanol–water partition coefficient (Wildman–Crippen LogP) is 1.82. The maximum absolute atomic E-state index is 11.8. The number of likely N-dealkylation sites (tertiary alicyclic amines) is 1. The second-order valence-corrected chi connectivity index (χ2v) is 5.35. The summed E-state index contributed by atoms with van der Waals surface area (Å²) < 4.78 is 10.3. The lowest BCUT2D eigenvalue weighted by Gasteiger charge is -2.29. The average molecular weight is 308 g/mol. The number of rotatable bonds is 8. The number of ether oxygens (including phenoxy) is 2. The van der Waals surface area contributed by atoms with Crippen LogP contribution in [-0.2, 0) is 14.3 Å². The van der Waals surface area contributed by atoms with Gasteiger partial charge in [-0.15, -0.1) is 0 Å². The van der Waals surface area contributed by atoms with Crippen molar-refractivity contribution < 1.29 is 14.3 Å². The Balaban J connectivity index is 2.00. The Labute approximate surface area is 112 Å². The fraction of sp³-hybridized carbons (Fsp3) is 0.917. The molecule has 0 aromatic rings. The maximum Gasteiger partial charge on any atom is 0.236 e. The minimum Gasteiger partial charge on any atom is -0.382 e. The van der Waals surface area contributed by atoms with Crippen molar-refractivity contribution >= 4 is 21.8 Å². The van der Waals surface area contributed by atoms with E-state index in [2.05, 4.69) is 15.9 Å². The highest BCUT2D eigenvalue weighted by Gasteiger charge is 2.25. The lowest BCUT2D eigenvalue weighted by molar-refractivity contribution is -0.132. The number of methoxy groups -OCH3 is 1. The van der Waals surface area contributed by atoms with E-state index in [1.54, 1.807) is 7.11 Å². The third-order valence-corrected chi connectivity index (χ3v) is 3.71. The number of carbonyl (C=O) groups excluding carboxylic acids is 1. The predicted molar refractivity (Wildman–Crippen MR) is 70.5 cm³/mol. The Hall–Kier alpha value is -0.130. The summed E-state index contributed by atoms with van der Waals surface area (Å²) in [6, 6.07) is 0. The van der Waals surface area contributed by atoms with E-state index in [4.69, 9.17) is 9.47 Å². The second kappa shape index (κ2) is 8.89. The molecule has 1 aliphatic heterocycles. The Morgan fingerprint density at radius 3 is 2.94 bits per heavy atom. The van der Waals surface area contributed by atoms with Crippen LogP contribution in [0.25, 0.3) is 0 Å². The zero-order chi connectivity index (χ0) is 12.5. The van der Waals surface area contributed by atoms with E-state index in [-0.39, 0.29) is 10.7 Å². The Morgan fingerprint density at radius 1 is 1.35 bits per heavy atom. The van der Waals surface area contributed by atoms with Gasteiger partial charge in [0.25, 0.3) is 0 Å². The van der Waals surface area contributed by atoms with Crippen molar-refractivity contribution in [3.8, 4) is 0 Å². The molecule has 1 rings (SSSR count). The van der Waals surface area contributed by atoms with Gasteiger partial charge in [-0.25, -0.2) is 0 Å². The van der Waals surface area contributed by atoms with Crippen molar-refractivity contribution in [3.63, 3.8) is 0 Å². The summed E-state index contributed by atoms with van der Waals surface area (Å²) >= 11 is 3.42. The maximum atomic E-state index is 11.8. The molecule has 1 fully saturated rings. The van der Waals surface area contributed by atoms with Crippen LogP contribution < -0.4 is 0 Å². The van der Waals surface area contributed by atoms with Crippen LogP contribution in [0.1, 0.15) is 25.7 Å². The molecule has 0 aromatic heterocycles. The number of unbranched alkanes of at least 4 members (excludes halogenated alkanes) is 1. The molecule has 1 heterocycles. The quantitative estimate of drug-likeness (QED) is 0.507. The lowest BCUT2D eigenvalue weighted by Crippen LogP contribution is -2.42. The number of alkyl halides is 1. The number of amides is 1. The fourth-order valence-electron chi connectivity index (χ4n) is 1.87. The minimum atomic E-state index is 0.0363. The number of nitrogens with zero attached hydrogens (tertiary/aromatic N) is 1. The number of piperidine rings is 1. The van der Waals surface area contributed by atoms with Gasteiger partial charge in [-0.2, -0.15) is 0 Å². The van der Waals surface area contributed by atoms with Crippen molar-refractivity contribution in [2.75, 3.05) is 40.0 Å². The molecule has 0 spiro atoms. The van der Waals surface area contributed by atoms with Gasteiger partial charge in [-0.05, 0) is 25.7 Å². The van der Waals surface area contributed by atoms with Gasteiger partial charge in [0.1, 0.15) is 0 Å².